The van der Waals surface area contributed by atoms with Gasteiger partial charge in [-0.3, -0.25) is 0 Å². The number of rotatable bonds is 3. The molecule has 7 nitrogen and oxygen atoms in total. The molecule has 3 rings (SSSR count). The number of aryl methyl sites for hydroxylation is 1. The average Bonchev–Trinajstić information content (AvgIpc) is 3.16. The zero-order valence-corrected chi connectivity index (χ0v) is 15.6. The molecule has 140 valence electrons. The standard InChI is InChI=1S/C16H13F3N6OSe/c1-24-9-10(8-22-24)15(26)21-7-3-4-11-14(27-16(17,18)19)12-5-2-6-13(20)25(12)23-11/h2,5-6,8-9H,7,20H2,1H3,(H,21,26). The molecule has 0 bridgehead atoms. The van der Waals surface area contributed by atoms with Crippen molar-refractivity contribution >= 4 is 36.7 Å². The van der Waals surface area contributed by atoms with Crippen LogP contribution in [0, 0.1) is 11.8 Å². The van der Waals surface area contributed by atoms with Crippen molar-refractivity contribution in [3.63, 3.8) is 0 Å². The van der Waals surface area contributed by atoms with Crippen molar-refractivity contribution in [2.75, 3.05) is 12.3 Å². The molecule has 0 atom stereocenters. The van der Waals surface area contributed by atoms with Crippen LogP contribution in [0.3, 0.4) is 0 Å². The fourth-order valence-electron chi connectivity index (χ4n) is 2.26. The van der Waals surface area contributed by atoms with Crippen molar-refractivity contribution < 1.29 is 18.0 Å². The molecule has 3 N–H and O–H groups in total. The molecule has 0 spiro atoms. The van der Waals surface area contributed by atoms with Gasteiger partial charge in [0, 0.05) is 0 Å². The fraction of sp³-hybridized carbons (Fsp3) is 0.188. The number of amides is 1. The summed E-state index contributed by atoms with van der Waals surface area (Å²) < 4.78 is 41.6. The van der Waals surface area contributed by atoms with Crippen LogP contribution < -0.4 is 15.5 Å². The van der Waals surface area contributed by atoms with E-state index >= 15 is 0 Å². The first-order valence-corrected chi connectivity index (χ1v) is 9.24. The molecule has 27 heavy (non-hydrogen) atoms. The van der Waals surface area contributed by atoms with Crippen molar-refractivity contribution in [2.45, 2.75) is 5.07 Å². The van der Waals surface area contributed by atoms with Gasteiger partial charge in [0.25, 0.3) is 0 Å². The first-order chi connectivity index (χ1) is 12.7. The molecular formula is C16H13F3N6OSe. The van der Waals surface area contributed by atoms with Gasteiger partial charge in [-0.2, -0.15) is 0 Å². The number of nitrogens with one attached hydrogen (secondary N) is 1. The van der Waals surface area contributed by atoms with E-state index in [0.29, 0.717) is 5.56 Å². The van der Waals surface area contributed by atoms with Crippen LogP contribution in [0.25, 0.3) is 5.52 Å². The number of halogens is 3. The third-order valence-electron chi connectivity index (χ3n) is 3.37. The van der Waals surface area contributed by atoms with Crippen molar-refractivity contribution in [2.24, 2.45) is 7.05 Å². The second-order valence-corrected chi connectivity index (χ2v) is 7.62. The van der Waals surface area contributed by atoms with Gasteiger partial charge in [0.15, 0.2) is 0 Å². The van der Waals surface area contributed by atoms with Crippen molar-refractivity contribution in [1.82, 2.24) is 24.7 Å². The predicted octanol–water partition coefficient (Wildman–Crippen LogP) is 0.281. The summed E-state index contributed by atoms with van der Waals surface area (Å²) in [5.41, 5.74) is 6.41. The first-order valence-electron chi connectivity index (χ1n) is 7.53. The zero-order chi connectivity index (χ0) is 19.6. The van der Waals surface area contributed by atoms with Crippen LogP contribution in [0.15, 0.2) is 30.6 Å². The SMILES string of the molecule is Cn1cc(C(=O)NCC#Cc2nn3c(N)cccc3c2[Se]C(F)(F)F)cn1. The number of nitrogens with zero attached hydrogens (tertiary/aromatic N) is 4. The summed E-state index contributed by atoms with van der Waals surface area (Å²) in [5.74, 6) is 5.07. The summed E-state index contributed by atoms with van der Waals surface area (Å²) in [6.07, 6.45) is 2.94. The van der Waals surface area contributed by atoms with E-state index in [1.165, 1.54) is 33.7 Å². The Kier molecular flexibility index (Phi) is 5.12. The number of fused-ring (bicyclic) bond motifs is 1. The Hall–Kier alpha value is -2.96. The summed E-state index contributed by atoms with van der Waals surface area (Å²) in [5, 5.41) is 6.16. The van der Waals surface area contributed by atoms with Gasteiger partial charge in [0.2, 0.25) is 0 Å². The predicted molar refractivity (Wildman–Crippen MR) is 93.5 cm³/mol. The number of nitrogen functional groups attached to an aromatic ring is 1. The average molecular weight is 441 g/mol. The molecule has 0 aliphatic heterocycles. The molecule has 0 saturated carbocycles. The van der Waals surface area contributed by atoms with Crippen LogP contribution in [-0.4, -0.2) is 51.9 Å². The van der Waals surface area contributed by atoms with Gasteiger partial charge in [-0.05, 0) is 0 Å². The Labute approximate surface area is 157 Å². The molecule has 11 heteroatoms. The van der Waals surface area contributed by atoms with Gasteiger partial charge in [0.1, 0.15) is 0 Å². The minimum absolute atomic E-state index is 0.000789. The number of carbonyl (C=O) groups is 1. The van der Waals surface area contributed by atoms with Crippen molar-refractivity contribution in [3.05, 3.63) is 41.9 Å². The summed E-state index contributed by atoms with van der Waals surface area (Å²) in [4.78, 5) is 11.9. The monoisotopic (exact) mass is 442 g/mol. The van der Waals surface area contributed by atoms with E-state index in [2.05, 4.69) is 27.4 Å². The van der Waals surface area contributed by atoms with E-state index in [1.54, 1.807) is 13.1 Å². The Balaban J connectivity index is 1.82. The number of pyridine rings is 1. The Morgan fingerprint density at radius 2 is 2.19 bits per heavy atom. The molecule has 0 aliphatic rings. The normalized spacial score (nSPS) is 11.3. The fourth-order valence-corrected chi connectivity index (χ4v) is 3.68. The number of hydrogen-bond acceptors (Lipinski definition) is 4. The Morgan fingerprint density at radius 3 is 2.85 bits per heavy atom. The van der Waals surface area contributed by atoms with Crippen molar-refractivity contribution in [1.29, 1.82) is 0 Å². The maximum absolute atomic E-state index is 13.0. The van der Waals surface area contributed by atoms with Crippen LogP contribution in [0.2, 0.25) is 0 Å². The van der Waals surface area contributed by atoms with Crippen LogP contribution in [0.5, 0.6) is 0 Å². The van der Waals surface area contributed by atoms with Crippen LogP contribution in [-0.2, 0) is 7.05 Å². The first kappa shape index (κ1) is 18.8. The van der Waals surface area contributed by atoms with Crippen molar-refractivity contribution in [3.8, 4) is 11.8 Å². The van der Waals surface area contributed by atoms with Crippen LogP contribution in [0.1, 0.15) is 16.1 Å². The summed E-state index contributed by atoms with van der Waals surface area (Å²) >= 11 is -1.83. The molecule has 0 unspecified atom stereocenters. The van der Waals surface area contributed by atoms with Crippen LogP contribution >= 0.6 is 0 Å². The van der Waals surface area contributed by atoms with Gasteiger partial charge in [0.05, 0.1) is 0 Å². The van der Waals surface area contributed by atoms with E-state index in [4.69, 9.17) is 5.73 Å². The number of alkyl halides is 3. The quantitative estimate of drug-likeness (QED) is 0.452. The molecule has 3 heterocycles. The Bertz CT molecular complexity index is 1060. The van der Waals surface area contributed by atoms with E-state index in [0.717, 1.165) is 0 Å². The van der Waals surface area contributed by atoms with E-state index in [-0.39, 0.29) is 33.9 Å². The molecule has 0 aromatic carbocycles. The van der Waals surface area contributed by atoms with Gasteiger partial charge in [-0.15, -0.1) is 0 Å². The Morgan fingerprint density at radius 1 is 1.41 bits per heavy atom. The molecule has 1 amide bonds. The van der Waals surface area contributed by atoms with E-state index in [9.17, 15) is 18.0 Å². The zero-order valence-electron chi connectivity index (χ0n) is 13.9. The molecule has 3 aromatic rings. The summed E-state index contributed by atoms with van der Waals surface area (Å²) in [6, 6.07) is 4.62. The molecular weight excluding hydrogens is 428 g/mol. The second-order valence-electron chi connectivity index (χ2n) is 5.36. The van der Waals surface area contributed by atoms with Crippen LogP contribution in [0.4, 0.5) is 19.0 Å². The summed E-state index contributed by atoms with van der Waals surface area (Å²) in [7, 11) is 1.68. The topological polar surface area (TPSA) is 90.2 Å². The third-order valence-corrected chi connectivity index (χ3v) is 5.13. The van der Waals surface area contributed by atoms with E-state index < -0.39 is 20.0 Å². The number of anilines is 1. The maximum atomic E-state index is 13.0. The third kappa shape index (κ3) is 4.42. The number of nitrogens with two attached hydrogens (primary N) is 1. The van der Waals surface area contributed by atoms with E-state index in [1.807, 2.05) is 0 Å². The minimum atomic E-state index is -4.36. The number of hydrogen-bond donors (Lipinski definition) is 2. The number of carbonyl (C=O) groups excluding carboxylic acids is 1. The molecule has 0 saturated heterocycles. The van der Waals surface area contributed by atoms with Gasteiger partial charge in [-0.1, -0.05) is 0 Å². The molecule has 0 radical (unpaired) electrons. The van der Waals surface area contributed by atoms with Gasteiger partial charge < -0.3 is 0 Å². The second kappa shape index (κ2) is 7.34. The number of aromatic nitrogens is 4. The molecule has 0 fully saturated rings. The van der Waals surface area contributed by atoms with Gasteiger partial charge in [-0.25, -0.2) is 0 Å². The molecule has 0 aliphatic carbocycles. The summed E-state index contributed by atoms with van der Waals surface area (Å²) in [6.45, 7) is -0.0461. The molecule has 3 aromatic heterocycles. The van der Waals surface area contributed by atoms with Gasteiger partial charge >= 0.3 is 157 Å².